The van der Waals surface area contributed by atoms with Crippen LogP contribution in [0.15, 0.2) is 11.1 Å². The highest BCUT2D eigenvalue weighted by Gasteiger charge is 2.46. The second-order valence-corrected chi connectivity index (χ2v) is 9.69. The Morgan fingerprint density at radius 1 is 1.11 bits per heavy atom. The standard InChI is InChI=1S/C17H23F3N4O3S/c1-11-15(6-21-16(22-11)17(18,19)20)28(25,26)24-9-12-7-23(8-13(12)10-24)14-2-4-27-5-3-14/h6,12-14H,2-5,7-10H2,1H3/t12-,13?/m1/s1. The molecule has 2 atom stereocenters. The highest BCUT2D eigenvalue weighted by Crippen LogP contribution is 2.37. The van der Waals surface area contributed by atoms with Gasteiger partial charge in [-0.2, -0.15) is 17.5 Å². The van der Waals surface area contributed by atoms with E-state index >= 15 is 0 Å². The van der Waals surface area contributed by atoms with Gasteiger partial charge in [-0.1, -0.05) is 0 Å². The molecule has 0 aliphatic carbocycles. The topological polar surface area (TPSA) is 75.6 Å². The Morgan fingerprint density at radius 3 is 2.25 bits per heavy atom. The molecule has 4 rings (SSSR count). The van der Waals surface area contributed by atoms with E-state index in [0.717, 1.165) is 45.3 Å². The Kier molecular flexibility index (Phi) is 5.13. The van der Waals surface area contributed by atoms with Crippen LogP contribution in [0.3, 0.4) is 0 Å². The van der Waals surface area contributed by atoms with E-state index in [9.17, 15) is 21.6 Å². The van der Waals surface area contributed by atoms with Crippen LogP contribution in [0, 0.1) is 18.8 Å². The fourth-order valence-corrected chi connectivity index (χ4v) is 6.17. The highest BCUT2D eigenvalue weighted by atomic mass is 32.2. The number of sulfonamides is 1. The number of alkyl halides is 3. The number of likely N-dealkylation sites (tertiary alicyclic amines) is 1. The summed E-state index contributed by atoms with van der Waals surface area (Å²) in [5, 5.41) is 0. The van der Waals surface area contributed by atoms with Gasteiger partial charge in [0.2, 0.25) is 15.8 Å². The molecule has 3 saturated heterocycles. The van der Waals surface area contributed by atoms with Crippen LogP contribution in [-0.4, -0.2) is 73.0 Å². The van der Waals surface area contributed by atoms with Gasteiger partial charge in [0, 0.05) is 45.4 Å². The molecule has 1 unspecified atom stereocenters. The lowest BCUT2D eigenvalue weighted by Crippen LogP contribution is -2.40. The summed E-state index contributed by atoms with van der Waals surface area (Å²) in [6, 6.07) is 0.495. The van der Waals surface area contributed by atoms with Gasteiger partial charge in [-0.3, -0.25) is 4.90 Å². The van der Waals surface area contributed by atoms with Crippen LogP contribution in [0.5, 0.6) is 0 Å². The summed E-state index contributed by atoms with van der Waals surface area (Å²) in [5.41, 5.74) is -0.178. The summed E-state index contributed by atoms with van der Waals surface area (Å²) in [5.74, 6) is -0.837. The highest BCUT2D eigenvalue weighted by molar-refractivity contribution is 7.89. The lowest BCUT2D eigenvalue weighted by Gasteiger charge is -2.32. The summed E-state index contributed by atoms with van der Waals surface area (Å²) in [7, 11) is -3.91. The van der Waals surface area contributed by atoms with E-state index in [1.54, 1.807) is 0 Å². The molecule has 4 heterocycles. The Bertz CT molecular complexity index is 829. The zero-order valence-electron chi connectivity index (χ0n) is 15.5. The molecule has 0 saturated carbocycles. The van der Waals surface area contributed by atoms with E-state index in [2.05, 4.69) is 14.9 Å². The van der Waals surface area contributed by atoms with Crippen molar-refractivity contribution in [3.63, 3.8) is 0 Å². The van der Waals surface area contributed by atoms with Crippen LogP contribution in [0.1, 0.15) is 24.4 Å². The van der Waals surface area contributed by atoms with Crippen molar-refractivity contribution in [3.05, 3.63) is 17.7 Å². The molecule has 3 fully saturated rings. The lowest BCUT2D eigenvalue weighted by molar-refractivity contribution is -0.145. The molecule has 0 bridgehead atoms. The second kappa shape index (κ2) is 7.19. The monoisotopic (exact) mass is 420 g/mol. The molecular weight excluding hydrogens is 397 g/mol. The first-order chi connectivity index (χ1) is 13.2. The smallest absolute Gasteiger partial charge is 0.381 e. The molecule has 0 radical (unpaired) electrons. The molecule has 11 heteroatoms. The molecule has 3 aliphatic rings. The number of rotatable bonds is 3. The van der Waals surface area contributed by atoms with Crippen molar-refractivity contribution in [1.82, 2.24) is 19.2 Å². The number of halogens is 3. The number of aryl methyl sites for hydroxylation is 1. The van der Waals surface area contributed by atoms with Gasteiger partial charge in [-0.25, -0.2) is 18.4 Å². The largest absolute Gasteiger partial charge is 0.451 e. The fraction of sp³-hybridized carbons (Fsp3) is 0.765. The maximum atomic E-state index is 13.0. The minimum absolute atomic E-state index is 0.178. The molecule has 0 aromatic carbocycles. The van der Waals surface area contributed by atoms with Gasteiger partial charge in [0.1, 0.15) is 4.90 Å². The van der Waals surface area contributed by atoms with E-state index in [-0.39, 0.29) is 22.4 Å². The summed E-state index contributed by atoms with van der Waals surface area (Å²) < 4.78 is 71.0. The Hall–Kier alpha value is -1.30. The minimum atomic E-state index is -4.70. The normalized spacial score (nSPS) is 28.0. The molecule has 156 valence electrons. The molecule has 0 N–H and O–H groups in total. The van der Waals surface area contributed by atoms with E-state index in [4.69, 9.17) is 4.74 Å². The molecule has 7 nitrogen and oxygen atoms in total. The zero-order valence-corrected chi connectivity index (χ0v) is 16.3. The number of aromatic nitrogens is 2. The zero-order chi connectivity index (χ0) is 20.1. The number of ether oxygens (including phenoxy) is 1. The predicted octanol–water partition coefficient (Wildman–Crippen LogP) is 1.54. The second-order valence-electron chi connectivity index (χ2n) is 7.78. The van der Waals surface area contributed by atoms with Crippen LogP contribution in [0.25, 0.3) is 0 Å². The van der Waals surface area contributed by atoms with Crippen LogP contribution >= 0.6 is 0 Å². The summed E-state index contributed by atoms with van der Waals surface area (Å²) in [6.07, 6.45) is -1.92. The van der Waals surface area contributed by atoms with Crippen LogP contribution in [0.2, 0.25) is 0 Å². The Morgan fingerprint density at radius 2 is 1.71 bits per heavy atom. The third-order valence-electron chi connectivity index (χ3n) is 5.99. The fourth-order valence-electron chi connectivity index (χ4n) is 4.52. The number of hydrogen-bond donors (Lipinski definition) is 0. The molecular formula is C17H23F3N4O3S. The Labute approximate surface area is 161 Å². The van der Waals surface area contributed by atoms with Gasteiger partial charge in [-0.05, 0) is 31.6 Å². The molecule has 28 heavy (non-hydrogen) atoms. The van der Waals surface area contributed by atoms with E-state index in [0.29, 0.717) is 19.1 Å². The van der Waals surface area contributed by atoms with Crippen LogP contribution in [-0.2, 0) is 20.9 Å². The van der Waals surface area contributed by atoms with Crippen molar-refractivity contribution in [2.24, 2.45) is 11.8 Å². The van der Waals surface area contributed by atoms with Crippen molar-refractivity contribution in [2.75, 3.05) is 39.4 Å². The molecule has 1 aromatic rings. The quantitative estimate of drug-likeness (QED) is 0.739. The number of nitrogens with zero attached hydrogens (tertiary/aromatic N) is 4. The molecule has 1 aromatic heterocycles. The third-order valence-corrected chi connectivity index (χ3v) is 7.93. The van der Waals surface area contributed by atoms with Crippen molar-refractivity contribution in [3.8, 4) is 0 Å². The van der Waals surface area contributed by atoms with Crippen LogP contribution in [0.4, 0.5) is 13.2 Å². The SMILES string of the molecule is Cc1nc(C(F)(F)F)ncc1S(=O)(=O)N1CC2CN(C3CCOCC3)C[C@@H]2C1. The molecule has 0 amide bonds. The maximum Gasteiger partial charge on any atom is 0.451 e. The summed E-state index contributed by atoms with van der Waals surface area (Å²) in [6.45, 7) is 5.27. The van der Waals surface area contributed by atoms with E-state index in [1.807, 2.05) is 0 Å². The lowest BCUT2D eigenvalue weighted by atomic mass is 10.0. The van der Waals surface area contributed by atoms with Crippen molar-refractivity contribution < 1.29 is 26.3 Å². The first-order valence-corrected chi connectivity index (χ1v) is 10.8. The van der Waals surface area contributed by atoms with Gasteiger partial charge in [0.25, 0.3) is 0 Å². The van der Waals surface area contributed by atoms with Gasteiger partial charge >= 0.3 is 6.18 Å². The van der Waals surface area contributed by atoms with Crippen molar-refractivity contribution in [1.29, 1.82) is 0 Å². The molecule has 3 aliphatic heterocycles. The van der Waals surface area contributed by atoms with Gasteiger partial charge < -0.3 is 4.74 Å². The Balaban J connectivity index is 1.46. The molecule has 0 spiro atoms. The van der Waals surface area contributed by atoms with Gasteiger partial charge in [0.05, 0.1) is 11.9 Å². The van der Waals surface area contributed by atoms with Crippen LogP contribution < -0.4 is 0 Å². The average Bonchev–Trinajstić information content (AvgIpc) is 3.21. The number of hydrogen-bond acceptors (Lipinski definition) is 6. The summed E-state index contributed by atoms with van der Waals surface area (Å²) in [4.78, 5) is 8.79. The first kappa shape index (κ1) is 20.0. The van der Waals surface area contributed by atoms with Crippen molar-refractivity contribution in [2.45, 2.75) is 36.9 Å². The minimum Gasteiger partial charge on any atom is -0.381 e. The van der Waals surface area contributed by atoms with Gasteiger partial charge in [0.15, 0.2) is 0 Å². The first-order valence-electron chi connectivity index (χ1n) is 9.39. The summed E-state index contributed by atoms with van der Waals surface area (Å²) >= 11 is 0. The average molecular weight is 420 g/mol. The predicted molar refractivity (Wildman–Crippen MR) is 92.9 cm³/mol. The van der Waals surface area contributed by atoms with E-state index < -0.39 is 22.0 Å². The van der Waals surface area contributed by atoms with Crippen molar-refractivity contribution >= 4 is 10.0 Å². The number of fused-ring (bicyclic) bond motifs is 1. The maximum absolute atomic E-state index is 13.0. The third kappa shape index (κ3) is 3.64. The van der Waals surface area contributed by atoms with Gasteiger partial charge in [-0.15, -0.1) is 0 Å². The van der Waals surface area contributed by atoms with E-state index in [1.165, 1.54) is 11.2 Å².